The van der Waals surface area contributed by atoms with E-state index in [0.29, 0.717) is 31.6 Å². The van der Waals surface area contributed by atoms with Crippen LogP contribution in [0.25, 0.3) is 0 Å². The molecular weight excluding hydrogens is 551 g/mol. The Morgan fingerprint density at radius 2 is 1.83 bits per heavy atom. The van der Waals surface area contributed by atoms with Gasteiger partial charge < -0.3 is 26.4 Å². The molecule has 1 aliphatic rings. The number of alkyl carbamates (subject to hydrolysis) is 1. The Kier molecular flexibility index (Phi) is 12.4. The van der Waals surface area contributed by atoms with Gasteiger partial charge in [0.1, 0.15) is 5.60 Å². The molecule has 0 bridgehead atoms. The summed E-state index contributed by atoms with van der Waals surface area (Å²) in [4.78, 5) is 34.9. The topological polar surface area (TPSA) is 133 Å². The first-order valence-electron chi connectivity index (χ1n) is 14.0. The van der Waals surface area contributed by atoms with Crippen molar-refractivity contribution in [3.63, 3.8) is 0 Å². The number of nitrogens with zero attached hydrogens (tertiary/aromatic N) is 3. The Balaban J connectivity index is 2.00. The highest BCUT2D eigenvalue weighted by Crippen LogP contribution is 2.35. The molecule has 0 spiro atoms. The summed E-state index contributed by atoms with van der Waals surface area (Å²) in [6.45, 7) is 13.5. The van der Waals surface area contributed by atoms with E-state index < -0.39 is 41.5 Å². The van der Waals surface area contributed by atoms with Gasteiger partial charge in [0.05, 0.1) is 11.6 Å². The molecule has 0 saturated carbocycles. The fourth-order valence-corrected chi connectivity index (χ4v) is 4.31. The Hall–Kier alpha value is -3.61. The lowest BCUT2D eigenvalue weighted by molar-refractivity contribution is -0.138. The minimum Gasteiger partial charge on any atom is -0.444 e. The second-order valence-electron chi connectivity index (χ2n) is 11.4. The number of benzene rings is 1. The Morgan fingerprint density at radius 3 is 2.40 bits per heavy atom. The Bertz CT molecular complexity index is 1170. The number of nitrogens with one attached hydrogen (secondary N) is 3. The average molecular weight is 596 g/mol. The highest BCUT2D eigenvalue weighted by Gasteiger charge is 2.34. The molecule has 0 aliphatic carbocycles. The fraction of sp³-hybridized carbons (Fsp3) is 0.586. The molecule has 1 aliphatic heterocycles. The van der Waals surface area contributed by atoms with Crippen molar-refractivity contribution >= 4 is 29.5 Å². The number of rotatable bonds is 8. The van der Waals surface area contributed by atoms with Gasteiger partial charge in [0, 0.05) is 43.1 Å². The van der Waals surface area contributed by atoms with Gasteiger partial charge in [0.25, 0.3) is 0 Å². The molecule has 1 saturated heterocycles. The Morgan fingerprint density at radius 1 is 1.19 bits per heavy atom. The van der Waals surface area contributed by atoms with Crippen LogP contribution in [0.1, 0.15) is 72.4 Å². The monoisotopic (exact) mass is 595 g/mol. The fourth-order valence-electron chi connectivity index (χ4n) is 4.31. The quantitative estimate of drug-likeness (QED) is 0.235. The lowest BCUT2D eigenvalue weighted by atomic mass is 10.0. The number of aliphatic imine (C=N–C) groups is 2. The first-order chi connectivity index (χ1) is 19.5. The summed E-state index contributed by atoms with van der Waals surface area (Å²) in [5.41, 5.74) is 5.21. The molecule has 42 heavy (non-hydrogen) atoms. The normalized spacial score (nSPS) is 17.6. The van der Waals surface area contributed by atoms with Crippen LogP contribution in [0.5, 0.6) is 0 Å². The van der Waals surface area contributed by atoms with Crippen molar-refractivity contribution in [3.8, 4) is 0 Å². The number of amides is 3. The maximum absolute atomic E-state index is 14.0. The van der Waals surface area contributed by atoms with Gasteiger partial charge in [-0.25, -0.2) is 19.6 Å². The van der Waals surface area contributed by atoms with Crippen LogP contribution in [0, 0.1) is 0 Å². The van der Waals surface area contributed by atoms with E-state index in [4.69, 9.17) is 10.5 Å². The highest BCUT2D eigenvalue weighted by atomic mass is 19.4. The molecule has 13 heteroatoms. The summed E-state index contributed by atoms with van der Waals surface area (Å²) in [5, 5.41) is 7.99. The molecule has 1 aromatic rings. The van der Waals surface area contributed by atoms with Crippen molar-refractivity contribution < 1.29 is 27.5 Å². The van der Waals surface area contributed by atoms with Crippen LogP contribution < -0.4 is 21.7 Å². The van der Waals surface area contributed by atoms with Crippen molar-refractivity contribution in [1.82, 2.24) is 15.5 Å². The summed E-state index contributed by atoms with van der Waals surface area (Å²) in [6.07, 6.45) is -0.339. The number of anilines is 1. The third-order valence-electron chi connectivity index (χ3n) is 6.49. The van der Waals surface area contributed by atoms with Crippen molar-refractivity contribution in [1.29, 1.82) is 0 Å². The number of halogens is 3. The molecule has 0 aromatic heterocycles. The number of carbonyl (C=O) groups excluding carboxylic acids is 2. The lowest BCUT2D eigenvalue weighted by Gasteiger charge is -2.33. The predicted molar refractivity (Wildman–Crippen MR) is 160 cm³/mol. The van der Waals surface area contributed by atoms with Gasteiger partial charge >= 0.3 is 18.3 Å². The SMILES string of the molecule is C\C=C/C(C)=N/C(N)=N\C(C)[C@H](C)NC(=O)Nc1ccc(CN2CCC(NC(=O)OC(C)(C)C)CC2)c(C(F)(F)F)c1. The summed E-state index contributed by atoms with van der Waals surface area (Å²) < 4.78 is 47.2. The predicted octanol–water partition coefficient (Wildman–Crippen LogP) is 5.44. The van der Waals surface area contributed by atoms with Gasteiger partial charge in [0.2, 0.25) is 5.96 Å². The number of carbonyl (C=O) groups is 2. The number of hydrogen-bond acceptors (Lipinski definition) is 5. The number of ether oxygens (including phenoxy) is 1. The van der Waals surface area contributed by atoms with Gasteiger partial charge in [-0.1, -0.05) is 12.1 Å². The van der Waals surface area contributed by atoms with Gasteiger partial charge in [-0.05, 0) is 85.1 Å². The highest BCUT2D eigenvalue weighted by molar-refractivity contribution is 6.01. The molecular formula is C29H44F3N7O3. The van der Waals surface area contributed by atoms with Crippen molar-refractivity contribution in [3.05, 3.63) is 41.5 Å². The number of urea groups is 1. The number of alkyl halides is 3. The van der Waals surface area contributed by atoms with Crippen LogP contribution in [-0.2, 0) is 17.5 Å². The zero-order chi connectivity index (χ0) is 31.7. The van der Waals surface area contributed by atoms with Crippen LogP contribution >= 0.6 is 0 Å². The maximum atomic E-state index is 14.0. The molecule has 1 aromatic carbocycles. The van der Waals surface area contributed by atoms with Gasteiger partial charge in [-0.2, -0.15) is 13.2 Å². The first-order valence-corrected chi connectivity index (χ1v) is 14.0. The first kappa shape index (κ1) is 34.6. The smallest absolute Gasteiger partial charge is 0.416 e. The maximum Gasteiger partial charge on any atom is 0.416 e. The van der Waals surface area contributed by atoms with Crippen LogP contribution in [0.4, 0.5) is 28.4 Å². The number of allylic oxidation sites excluding steroid dienone is 2. The van der Waals surface area contributed by atoms with Gasteiger partial charge in [-0.15, -0.1) is 0 Å². The van der Waals surface area contributed by atoms with Crippen LogP contribution in [0.15, 0.2) is 40.3 Å². The molecule has 2 rings (SSSR count). The lowest BCUT2D eigenvalue weighted by Crippen LogP contribution is -2.46. The second-order valence-corrected chi connectivity index (χ2v) is 11.4. The average Bonchev–Trinajstić information content (AvgIpc) is 2.84. The van der Waals surface area contributed by atoms with Crippen LogP contribution in [0.2, 0.25) is 0 Å². The summed E-state index contributed by atoms with van der Waals surface area (Å²) in [6, 6.07) is 2.08. The summed E-state index contributed by atoms with van der Waals surface area (Å²) >= 11 is 0. The van der Waals surface area contributed by atoms with E-state index in [9.17, 15) is 22.8 Å². The summed E-state index contributed by atoms with van der Waals surface area (Å²) in [5.74, 6) is 0.0566. The van der Waals surface area contributed by atoms with Crippen LogP contribution in [-0.4, -0.2) is 65.5 Å². The third-order valence-corrected chi connectivity index (χ3v) is 6.49. The largest absolute Gasteiger partial charge is 0.444 e. The van der Waals surface area contributed by atoms with Crippen molar-refractivity contribution in [2.24, 2.45) is 15.7 Å². The van der Waals surface area contributed by atoms with E-state index in [0.717, 1.165) is 6.07 Å². The molecule has 1 heterocycles. The molecule has 10 nitrogen and oxygen atoms in total. The van der Waals surface area contributed by atoms with E-state index in [1.165, 1.54) is 12.1 Å². The number of piperidine rings is 1. The van der Waals surface area contributed by atoms with E-state index >= 15 is 0 Å². The zero-order valence-corrected chi connectivity index (χ0v) is 25.4. The summed E-state index contributed by atoms with van der Waals surface area (Å²) in [7, 11) is 0. The van der Waals surface area contributed by atoms with Gasteiger partial charge in [0.15, 0.2) is 0 Å². The molecule has 5 N–H and O–H groups in total. The number of likely N-dealkylation sites (tertiary alicyclic amines) is 1. The van der Waals surface area contributed by atoms with Crippen LogP contribution in [0.3, 0.4) is 0 Å². The molecule has 3 amide bonds. The van der Waals surface area contributed by atoms with E-state index in [1.807, 2.05) is 17.9 Å². The molecule has 0 radical (unpaired) electrons. The minimum atomic E-state index is -4.61. The van der Waals surface area contributed by atoms with E-state index in [-0.39, 0.29) is 29.8 Å². The third kappa shape index (κ3) is 12.1. The van der Waals surface area contributed by atoms with Crippen molar-refractivity contribution in [2.75, 3.05) is 18.4 Å². The number of nitrogens with two attached hydrogens (primary N) is 1. The standard InChI is InChI=1S/C29H44F3N7O3/c1-8-9-18(2)34-25(33)35-19(3)20(4)36-26(40)37-23-11-10-21(24(16-23)29(30,31)32)17-39-14-12-22(13-15-39)38-27(41)42-28(5,6)7/h8-11,16,19-20,22H,12-15,17H2,1-7H3,(H2,33,35)(H,38,41)(H2,36,37,40)/b9-8-,34-18+/t19?,20-/m0/s1. The molecule has 234 valence electrons. The van der Waals surface area contributed by atoms with E-state index in [2.05, 4.69) is 25.9 Å². The van der Waals surface area contributed by atoms with E-state index in [1.54, 1.807) is 47.6 Å². The van der Waals surface area contributed by atoms with Crippen molar-refractivity contribution in [2.45, 2.75) is 97.8 Å². The zero-order valence-electron chi connectivity index (χ0n) is 25.4. The molecule has 1 unspecified atom stereocenters. The number of hydrogen-bond donors (Lipinski definition) is 4. The molecule has 1 fully saturated rings. The second kappa shape index (κ2) is 15.0. The molecule has 2 atom stereocenters. The van der Waals surface area contributed by atoms with Gasteiger partial charge in [-0.3, -0.25) is 4.90 Å². The minimum absolute atomic E-state index is 0.0123. The Labute approximate surface area is 246 Å². The number of guanidine groups is 1.